The molecule has 106 valence electrons. The molecule has 20 heavy (non-hydrogen) atoms. The standard InChI is InChI=1S/C15H19N3O2/c1-17(11-15(20)7-3-4-8-15)14(19)12-10-18-9-5-2-6-13(18)16-12/h2,5-6,9-10,20H,3-4,7-8,11H2,1H3. The van der Waals surface area contributed by atoms with E-state index in [9.17, 15) is 9.90 Å². The molecule has 5 heteroatoms. The van der Waals surface area contributed by atoms with Gasteiger partial charge in [0, 0.05) is 26.0 Å². The molecule has 0 aromatic carbocycles. The fourth-order valence-electron chi connectivity index (χ4n) is 2.94. The topological polar surface area (TPSA) is 57.8 Å². The second-order valence-electron chi connectivity index (χ2n) is 5.68. The first-order chi connectivity index (χ1) is 9.57. The highest BCUT2D eigenvalue weighted by atomic mass is 16.3. The molecule has 3 rings (SSSR count). The van der Waals surface area contributed by atoms with E-state index in [0.29, 0.717) is 12.2 Å². The van der Waals surface area contributed by atoms with E-state index in [-0.39, 0.29) is 5.91 Å². The minimum Gasteiger partial charge on any atom is -0.388 e. The lowest BCUT2D eigenvalue weighted by atomic mass is 10.0. The molecule has 5 nitrogen and oxygen atoms in total. The number of carbonyl (C=O) groups excluding carboxylic acids is 1. The summed E-state index contributed by atoms with van der Waals surface area (Å²) in [6.07, 6.45) is 7.21. The summed E-state index contributed by atoms with van der Waals surface area (Å²) in [5.41, 5.74) is 0.452. The molecule has 1 fully saturated rings. The highest BCUT2D eigenvalue weighted by Gasteiger charge is 2.33. The van der Waals surface area contributed by atoms with Crippen LogP contribution in [0.15, 0.2) is 30.6 Å². The van der Waals surface area contributed by atoms with E-state index < -0.39 is 5.60 Å². The Kier molecular flexibility index (Phi) is 3.22. The van der Waals surface area contributed by atoms with Gasteiger partial charge < -0.3 is 14.4 Å². The molecule has 0 unspecified atom stereocenters. The molecule has 2 heterocycles. The molecular formula is C15H19N3O2. The quantitative estimate of drug-likeness (QED) is 0.926. The van der Waals surface area contributed by atoms with Crippen LogP contribution in [0.3, 0.4) is 0 Å². The van der Waals surface area contributed by atoms with E-state index in [4.69, 9.17) is 0 Å². The zero-order chi connectivity index (χ0) is 14.2. The SMILES string of the molecule is CN(CC1(O)CCCC1)C(=O)c1cn2ccccc2n1. The van der Waals surface area contributed by atoms with Gasteiger partial charge in [-0.15, -0.1) is 0 Å². The number of fused-ring (bicyclic) bond motifs is 1. The predicted molar refractivity (Wildman–Crippen MR) is 75.6 cm³/mol. The minimum atomic E-state index is -0.719. The van der Waals surface area contributed by atoms with Crippen molar-refractivity contribution in [3.8, 4) is 0 Å². The lowest BCUT2D eigenvalue weighted by molar-refractivity contribution is 0.0155. The van der Waals surface area contributed by atoms with Gasteiger partial charge in [0.05, 0.1) is 5.60 Å². The summed E-state index contributed by atoms with van der Waals surface area (Å²) in [6, 6.07) is 5.65. The number of imidazole rings is 1. The number of hydrogen-bond donors (Lipinski definition) is 1. The molecule has 0 saturated heterocycles. The van der Waals surface area contributed by atoms with Crippen LogP contribution in [0.1, 0.15) is 36.2 Å². The van der Waals surface area contributed by atoms with Crippen molar-refractivity contribution in [1.82, 2.24) is 14.3 Å². The van der Waals surface area contributed by atoms with E-state index in [1.54, 1.807) is 18.1 Å². The molecule has 0 bridgehead atoms. The summed E-state index contributed by atoms with van der Waals surface area (Å²) in [5.74, 6) is -0.144. The number of likely N-dealkylation sites (N-methyl/N-ethyl adjacent to an activating group) is 1. The van der Waals surface area contributed by atoms with Crippen molar-refractivity contribution in [2.75, 3.05) is 13.6 Å². The Morgan fingerprint density at radius 3 is 2.90 bits per heavy atom. The normalized spacial score (nSPS) is 17.5. The first-order valence-corrected chi connectivity index (χ1v) is 6.99. The van der Waals surface area contributed by atoms with Crippen LogP contribution in [0.25, 0.3) is 5.65 Å². The molecule has 1 aliphatic rings. The Morgan fingerprint density at radius 2 is 2.20 bits per heavy atom. The maximum absolute atomic E-state index is 12.4. The fourth-order valence-corrected chi connectivity index (χ4v) is 2.94. The lowest BCUT2D eigenvalue weighted by Gasteiger charge is -2.28. The Labute approximate surface area is 117 Å². The van der Waals surface area contributed by atoms with Gasteiger partial charge in [-0.1, -0.05) is 18.9 Å². The number of nitrogens with zero attached hydrogens (tertiary/aromatic N) is 3. The van der Waals surface area contributed by atoms with Gasteiger partial charge in [0.1, 0.15) is 11.3 Å². The van der Waals surface area contributed by atoms with Gasteiger partial charge in [-0.05, 0) is 25.0 Å². The van der Waals surface area contributed by atoms with Crippen LogP contribution in [0.2, 0.25) is 0 Å². The number of pyridine rings is 1. The van der Waals surface area contributed by atoms with Crippen LogP contribution in [0.4, 0.5) is 0 Å². The van der Waals surface area contributed by atoms with Gasteiger partial charge in [-0.3, -0.25) is 4.79 Å². The third kappa shape index (κ3) is 2.41. The van der Waals surface area contributed by atoms with E-state index >= 15 is 0 Å². The van der Waals surface area contributed by atoms with Gasteiger partial charge in [0.15, 0.2) is 0 Å². The molecule has 0 spiro atoms. The van der Waals surface area contributed by atoms with Crippen molar-refractivity contribution in [1.29, 1.82) is 0 Å². The van der Waals surface area contributed by atoms with Crippen molar-refractivity contribution in [2.24, 2.45) is 0 Å². The summed E-state index contributed by atoms with van der Waals surface area (Å²) < 4.78 is 1.82. The Balaban J connectivity index is 1.77. The van der Waals surface area contributed by atoms with Crippen molar-refractivity contribution >= 4 is 11.6 Å². The summed E-state index contributed by atoms with van der Waals surface area (Å²) in [7, 11) is 1.72. The van der Waals surface area contributed by atoms with Crippen LogP contribution >= 0.6 is 0 Å². The highest BCUT2D eigenvalue weighted by molar-refractivity contribution is 5.92. The molecule has 0 aliphatic heterocycles. The van der Waals surface area contributed by atoms with E-state index in [1.807, 2.05) is 28.8 Å². The second-order valence-corrected chi connectivity index (χ2v) is 5.68. The summed E-state index contributed by atoms with van der Waals surface area (Å²) in [5, 5.41) is 10.4. The second kappa shape index (κ2) is 4.90. The number of rotatable bonds is 3. The van der Waals surface area contributed by atoms with E-state index in [2.05, 4.69) is 4.98 Å². The average Bonchev–Trinajstić information content (AvgIpc) is 3.03. The van der Waals surface area contributed by atoms with Gasteiger partial charge in [0.2, 0.25) is 0 Å². The van der Waals surface area contributed by atoms with Crippen LogP contribution in [0.5, 0.6) is 0 Å². The largest absolute Gasteiger partial charge is 0.388 e. The third-order valence-electron chi connectivity index (χ3n) is 4.00. The first kappa shape index (κ1) is 13.1. The van der Waals surface area contributed by atoms with Gasteiger partial charge in [0.25, 0.3) is 5.91 Å². The van der Waals surface area contributed by atoms with Crippen molar-refractivity contribution in [2.45, 2.75) is 31.3 Å². The predicted octanol–water partition coefficient (Wildman–Crippen LogP) is 1.71. The monoisotopic (exact) mass is 273 g/mol. The maximum atomic E-state index is 12.4. The summed E-state index contributed by atoms with van der Waals surface area (Å²) in [4.78, 5) is 18.3. The van der Waals surface area contributed by atoms with Gasteiger partial charge in [-0.25, -0.2) is 4.98 Å². The Bertz CT molecular complexity index is 596. The van der Waals surface area contributed by atoms with Crippen LogP contribution < -0.4 is 0 Å². The Morgan fingerprint density at radius 1 is 1.45 bits per heavy atom. The van der Waals surface area contributed by atoms with E-state index in [0.717, 1.165) is 31.3 Å². The summed E-state index contributed by atoms with van der Waals surface area (Å²) in [6.45, 7) is 0.375. The molecule has 2 aromatic rings. The van der Waals surface area contributed by atoms with Gasteiger partial charge >= 0.3 is 0 Å². The van der Waals surface area contributed by atoms with Crippen LogP contribution in [-0.4, -0.2) is 44.5 Å². The number of aromatic nitrogens is 2. The lowest BCUT2D eigenvalue weighted by Crippen LogP contribution is -2.42. The number of hydrogen-bond acceptors (Lipinski definition) is 3. The number of carbonyl (C=O) groups is 1. The van der Waals surface area contributed by atoms with Crippen LogP contribution in [-0.2, 0) is 0 Å². The molecular weight excluding hydrogens is 254 g/mol. The maximum Gasteiger partial charge on any atom is 0.273 e. The molecule has 2 aromatic heterocycles. The highest BCUT2D eigenvalue weighted by Crippen LogP contribution is 2.30. The average molecular weight is 273 g/mol. The van der Waals surface area contributed by atoms with Gasteiger partial charge in [-0.2, -0.15) is 0 Å². The fraction of sp³-hybridized carbons (Fsp3) is 0.467. The van der Waals surface area contributed by atoms with Crippen LogP contribution in [0, 0.1) is 0 Å². The van der Waals surface area contributed by atoms with Crippen molar-refractivity contribution < 1.29 is 9.90 Å². The van der Waals surface area contributed by atoms with Crippen molar-refractivity contribution in [3.63, 3.8) is 0 Å². The van der Waals surface area contributed by atoms with E-state index in [1.165, 1.54) is 0 Å². The molecule has 0 atom stereocenters. The molecule has 0 radical (unpaired) electrons. The zero-order valence-electron chi connectivity index (χ0n) is 11.6. The molecule has 1 N–H and O–H groups in total. The number of amides is 1. The molecule has 1 aliphatic carbocycles. The third-order valence-corrected chi connectivity index (χ3v) is 4.00. The zero-order valence-corrected chi connectivity index (χ0v) is 11.6. The smallest absolute Gasteiger partial charge is 0.273 e. The number of aliphatic hydroxyl groups is 1. The Hall–Kier alpha value is -1.88. The molecule has 1 saturated carbocycles. The molecule has 1 amide bonds. The summed E-state index contributed by atoms with van der Waals surface area (Å²) >= 11 is 0. The minimum absolute atomic E-state index is 0.144. The first-order valence-electron chi connectivity index (χ1n) is 6.99. The van der Waals surface area contributed by atoms with Crippen molar-refractivity contribution in [3.05, 3.63) is 36.3 Å².